The first-order valence-corrected chi connectivity index (χ1v) is 6.04. The zero-order valence-corrected chi connectivity index (χ0v) is 10.6. The summed E-state index contributed by atoms with van der Waals surface area (Å²) >= 11 is 10.8. The SMILES string of the molecule is Cc1cc(-c2ccc(Cl)s2)cc(Br)n1. The average Bonchev–Trinajstić information content (AvgIpc) is 2.50. The summed E-state index contributed by atoms with van der Waals surface area (Å²) in [4.78, 5) is 5.42. The van der Waals surface area contributed by atoms with E-state index < -0.39 is 0 Å². The van der Waals surface area contributed by atoms with Gasteiger partial charge in [0.05, 0.1) is 4.34 Å². The molecule has 2 aromatic heterocycles. The summed E-state index contributed by atoms with van der Waals surface area (Å²) in [5.74, 6) is 0. The van der Waals surface area contributed by atoms with Crippen molar-refractivity contribution in [2.24, 2.45) is 0 Å². The number of hydrogen-bond acceptors (Lipinski definition) is 2. The first-order valence-electron chi connectivity index (χ1n) is 4.05. The van der Waals surface area contributed by atoms with E-state index in [1.165, 1.54) is 4.88 Å². The minimum absolute atomic E-state index is 0.811. The number of halogens is 2. The molecule has 0 amide bonds. The molecule has 2 aromatic rings. The van der Waals surface area contributed by atoms with Crippen LogP contribution in [0.4, 0.5) is 0 Å². The van der Waals surface area contributed by atoms with Crippen LogP contribution < -0.4 is 0 Å². The van der Waals surface area contributed by atoms with E-state index in [9.17, 15) is 0 Å². The number of aryl methyl sites for hydroxylation is 1. The summed E-state index contributed by atoms with van der Waals surface area (Å²) in [7, 11) is 0. The number of aromatic nitrogens is 1. The highest BCUT2D eigenvalue weighted by atomic mass is 79.9. The molecule has 1 nitrogen and oxygen atoms in total. The van der Waals surface area contributed by atoms with Gasteiger partial charge in [0.1, 0.15) is 4.60 Å². The van der Waals surface area contributed by atoms with Crippen molar-refractivity contribution in [3.63, 3.8) is 0 Å². The second kappa shape index (κ2) is 4.01. The van der Waals surface area contributed by atoms with E-state index in [-0.39, 0.29) is 0 Å². The molecule has 4 heteroatoms. The van der Waals surface area contributed by atoms with E-state index in [1.807, 2.05) is 31.2 Å². The molecule has 0 fully saturated rings. The van der Waals surface area contributed by atoms with Gasteiger partial charge in [-0.2, -0.15) is 0 Å². The summed E-state index contributed by atoms with van der Waals surface area (Å²) in [5, 5.41) is 0. The third kappa shape index (κ3) is 2.16. The third-order valence-corrected chi connectivity index (χ3v) is 3.47. The highest BCUT2D eigenvalue weighted by Crippen LogP contribution is 2.32. The lowest BCUT2D eigenvalue weighted by molar-refractivity contribution is 1.17. The van der Waals surface area contributed by atoms with Crippen LogP contribution >= 0.6 is 38.9 Å². The molecule has 0 unspecified atom stereocenters. The molecule has 2 heterocycles. The van der Waals surface area contributed by atoms with Crippen molar-refractivity contribution in [2.45, 2.75) is 6.92 Å². The maximum absolute atomic E-state index is 5.88. The highest BCUT2D eigenvalue weighted by Gasteiger charge is 2.03. The molecule has 0 aliphatic carbocycles. The maximum Gasteiger partial charge on any atom is 0.107 e. The molecule has 0 atom stereocenters. The van der Waals surface area contributed by atoms with Crippen LogP contribution in [-0.4, -0.2) is 4.98 Å². The lowest BCUT2D eigenvalue weighted by Gasteiger charge is -2.00. The number of nitrogens with zero attached hydrogens (tertiary/aromatic N) is 1. The lowest BCUT2D eigenvalue weighted by atomic mass is 10.2. The number of thiophene rings is 1. The van der Waals surface area contributed by atoms with Crippen LogP contribution in [0.3, 0.4) is 0 Å². The number of hydrogen-bond donors (Lipinski definition) is 0. The van der Waals surface area contributed by atoms with Crippen molar-refractivity contribution < 1.29 is 0 Å². The molecule has 14 heavy (non-hydrogen) atoms. The Labute approximate surface area is 99.9 Å². The van der Waals surface area contributed by atoms with Crippen LogP contribution in [0.1, 0.15) is 5.69 Å². The molecule has 2 rings (SSSR count). The zero-order chi connectivity index (χ0) is 10.1. The molecule has 0 spiro atoms. The molecule has 0 aliphatic heterocycles. The van der Waals surface area contributed by atoms with E-state index in [1.54, 1.807) is 11.3 Å². The quantitative estimate of drug-likeness (QED) is 0.702. The topological polar surface area (TPSA) is 12.9 Å². The van der Waals surface area contributed by atoms with Gasteiger partial charge in [-0.25, -0.2) is 4.98 Å². The smallest absolute Gasteiger partial charge is 0.107 e. The second-order valence-corrected chi connectivity index (χ2v) is 5.45. The molecule has 0 aliphatic rings. The van der Waals surface area contributed by atoms with Gasteiger partial charge in [-0.05, 0) is 52.7 Å². The fourth-order valence-electron chi connectivity index (χ4n) is 1.24. The Balaban J connectivity index is 2.51. The molecule has 0 saturated carbocycles. The Morgan fingerprint density at radius 2 is 2.14 bits per heavy atom. The Hall–Kier alpha value is -0.380. The van der Waals surface area contributed by atoms with Gasteiger partial charge in [0.2, 0.25) is 0 Å². The Morgan fingerprint density at radius 3 is 2.71 bits per heavy atom. The predicted molar refractivity (Wildman–Crippen MR) is 65.0 cm³/mol. The number of pyridine rings is 1. The molecule has 0 aromatic carbocycles. The van der Waals surface area contributed by atoms with Gasteiger partial charge < -0.3 is 0 Å². The van der Waals surface area contributed by atoms with Crippen LogP contribution in [0, 0.1) is 6.92 Å². The van der Waals surface area contributed by atoms with Gasteiger partial charge in [0.15, 0.2) is 0 Å². The van der Waals surface area contributed by atoms with E-state index in [2.05, 4.69) is 20.9 Å². The molecule has 72 valence electrons. The van der Waals surface area contributed by atoms with Gasteiger partial charge in [-0.1, -0.05) is 11.6 Å². The lowest BCUT2D eigenvalue weighted by Crippen LogP contribution is -1.83. The van der Waals surface area contributed by atoms with Crippen LogP contribution in [0.2, 0.25) is 4.34 Å². The first-order chi connectivity index (χ1) is 6.65. The average molecular weight is 289 g/mol. The molecular formula is C10H7BrClNS. The van der Waals surface area contributed by atoms with Gasteiger partial charge in [0, 0.05) is 10.6 Å². The normalized spacial score (nSPS) is 10.5. The van der Waals surface area contributed by atoms with Crippen molar-refractivity contribution in [1.29, 1.82) is 0 Å². The third-order valence-electron chi connectivity index (χ3n) is 1.78. The fourth-order valence-corrected chi connectivity index (χ4v) is 2.80. The van der Waals surface area contributed by atoms with Crippen molar-refractivity contribution >= 4 is 38.9 Å². The van der Waals surface area contributed by atoms with Crippen molar-refractivity contribution in [1.82, 2.24) is 4.98 Å². The molecule has 0 radical (unpaired) electrons. The monoisotopic (exact) mass is 287 g/mol. The summed E-state index contributed by atoms with van der Waals surface area (Å²) in [6.45, 7) is 1.98. The predicted octanol–water partition coefficient (Wildman–Crippen LogP) is 4.53. The van der Waals surface area contributed by atoms with Crippen LogP contribution in [-0.2, 0) is 0 Å². The van der Waals surface area contributed by atoms with Crippen LogP contribution in [0.25, 0.3) is 10.4 Å². The maximum atomic E-state index is 5.88. The zero-order valence-electron chi connectivity index (χ0n) is 7.42. The minimum atomic E-state index is 0.811. The van der Waals surface area contributed by atoms with E-state index >= 15 is 0 Å². The standard InChI is InChI=1S/C10H7BrClNS/c1-6-4-7(5-9(11)13-6)8-2-3-10(12)14-8/h2-5H,1H3. The summed E-state index contributed by atoms with van der Waals surface area (Å²) in [6.07, 6.45) is 0. The van der Waals surface area contributed by atoms with E-state index in [0.717, 1.165) is 20.2 Å². The largest absolute Gasteiger partial charge is 0.246 e. The first kappa shape index (κ1) is 10.1. The number of rotatable bonds is 1. The summed E-state index contributed by atoms with van der Waals surface area (Å²) < 4.78 is 1.67. The van der Waals surface area contributed by atoms with Crippen molar-refractivity contribution in [3.05, 3.63) is 38.9 Å². The van der Waals surface area contributed by atoms with E-state index in [0.29, 0.717) is 0 Å². The fraction of sp³-hybridized carbons (Fsp3) is 0.100. The van der Waals surface area contributed by atoms with Crippen molar-refractivity contribution in [2.75, 3.05) is 0 Å². The van der Waals surface area contributed by atoms with Gasteiger partial charge >= 0.3 is 0 Å². The van der Waals surface area contributed by atoms with Crippen molar-refractivity contribution in [3.8, 4) is 10.4 Å². The van der Waals surface area contributed by atoms with Crippen LogP contribution in [0.15, 0.2) is 28.9 Å². The molecular weight excluding hydrogens is 282 g/mol. The Bertz CT molecular complexity index is 447. The molecule has 0 N–H and O–H groups in total. The highest BCUT2D eigenvalue weighted by molar-refractivity contribution is 9.10. The Kier molecular flexibility index (Phi) is 2.91. The van der Waals surface area contributed by atoms with Gasteiger partial charge in [-0.3, -0.25) is 0 Å². The van der Waals surface area contributed by atoms with Crippen LogP contribution in [0.5, 0.6) is 0 Å². The summed E-state index contributed by atoms with van der Waals surface area (Å²) in [5.41, 5.74) is 2.15. The van der Waals surface area contributed by atoms with Gasteiger partial charge in [-0.15, -0.1) is 11.3 Å². The van der Waals surface area contributed by atoms with E-state index in [4.69, 9.17) is 11.6 Å². The molecule has 0 bridgehead atoms. The van der Waals surface area contributed by atoms with Gasteiger partial charge in [0.25, 0.3) is 0 Å². The Morgan fingerprint density at radius 1 is 1.36 bits per heavy atom. The minimum Gasteiger partial charge on any atom is -0.246 e. The summed E-state index contributed by atoms with van der Waals surface area (Å²) in [6, 6.07) is 7.97. The second-order valence-electron chi connectivity index (χ2n) is 2.92. The molecule has 0 saturated heterocycles.